The standard InChI is InChI=1S/C30H26ClF2N7/c31-25-13-22(36-29(19-6-8-21(33)9-7-19)27-17-40(39-38-27)23-10-11-23)12-24-28(20(15-34)16-35-30(24)25)37-26(14-32)18-4-2-1-3-5-18/h1-9,12-13,16-17,23,26,29,36,38-39H,10-11,14H2,(H,35,37)/t26?,29-/m0/s1. The summed E-state index contributed by atoms with van der Waals surface area (Å²) in [6.07, 6.45) is 5.67. The zero-order chi connectivity index (χ0) is 27.6. The van der Waals surface area contributed by atoms with Gasteiger partial charge in [0.05, 0.1) is 39.6 Å². The Balaban J connectivity index is 1.41. The number of anilines is 2. The Morgan fingerprint density at radius 2 is 1.85 bits per heavy atom. The van der Waals surface area contributed by atoms with Gasteiger partial charge in [0.2, 0.25) is 0 Å². The highest BCUT2D eigenvalue weighted by molar-refractivity contribution is 6.35. The van der Waals surface area contributed by atoms with E-state index in [2.05, 4.69) is 32.6 Å². The second kappa shape index (κ2) is 11.0. The van der Waals surface area contributed by atoms with Gasteiger partial charge < -0.3 is 16.1 Å². The van der Waals surface area contributed by atoms with Gasteiger partial charge in [0.15, 0.2) is 0 Å². The van der Waals surface area contributed by atoms with Crippen molar-refractivity contribution in [3.63, 3.8) is 0 Å². The van der Waals surface area contributed by atoms with Gasteiger partial charge >= 0.3 is 0 Å². The van der Waals surface area contributed by atoms with E-state index in [0.29, 0.717) is 33.3 Å². The van der Waals surface area contributed by atoms with Crippen molar-refractivity contribution in [2.45, 2.75) is 31.0 Å². The number of nitriles is 1. The molecule has 4 aromatic rings. The molecule has 0 spiro atoms. The summed E-state index contributed by atoms with van der Waals surface area (Å²) in [4.78, 5) is 4.42. The third kappa shape index (κ3) is 5.24. The first kappa shape index (κ1) is 25.9. The zero-order valence-electron chi connectivity index (χ0n) is 21.3. The van der Waals surface area contributed by atoms with Gasteiger partial charge in [0, 0.05) is 29.5 Å². The van der Waals surface area contributed by atoms with Crippen LogP contribution in [0.1, 0.15) is 41.6 Å². The molecular weight excluding hydrogens is 532 g/mol. The number of alkyl halides is 1. The third-order valence-electron chi connectivity index (χ3n) is 7.09. The molecule has 2 aliphatic rings. The molecule has 1 fully saturated rings. The number of nitrogens with one attached hydrogen (secondary N) is 4. The number of hydrazine groups is 2. The fourth-order valence-electron chi connectivity index (χ4n) is 4.86. The van der Waals surface area contributed by atoms with Crippen molar-refractivity contribution in [2.24, 2.45) is 0 Å². The summed E-state index contributed by atoms with van der Waals surface area (Å²) in [6.45, 7) is -0.679. The monoisotopic (exact) mass is 557 g/mol. The van der Waals surface area contributed by atoms with E-state index >= 15 is 0 Å². The summed E-state index contributed by atoms with van der Waals surface area (Å²) < 4.78 is 28.0. The maximum absolute atomic E-state index is 14.2. The Labute approximate surface area is 235 Å². The molecule has 3 aromatic carbocycles. The Kier molecular flexibility index (Phi) is 7.11. The van der Waals surface area contributed by atoms with Crippen molar-refractivity contribution < 1.29 is 8.78 Å². The average Bonchev–Trinajstić information content (AvgIpc) is 3.72. The molecule has 10 heteroatoms. The minimum Gasteiger partial charge on any atom is -0.374 e. The fraction of sp³-hybridized carbons (Fsp3) is 0.200. The predicted octanol–water partition coefficient (Wildman–Crippen LogP) is 6.50. The van der Waals surface area contributed by atoms with Crippen LogP contribution in [0.5, 0.6) is 0 Å². The van der Waals surface area contributed by atoms with Crippen LogP contribution >= 0.6 is 11.6 Å². The van der Waals surface area contributed by atoms with Crippen LogP contribution in [0.2, 0.25) is 5.02 Å². The highest BCUT2D eigenvalue weighted by atomic mass is 35.5. The quantitative estimate of drug-likeness (QED) is 0.187. The maximum atomic E-state index is 14.2. The lowest BCUT2D eigenvalue weighted by atomic mass is 10.0. The Morgan fingerprint density at radius 1 is 1.07 bits per heavy atom. The zero-order valence-corrected chi connectivity index (χ0v) is 22.1. The SMILES string of the molecule is N#Cc1cnc2c(Cl)cc(N[C@H](C3=CN(C4CC4)NN3)c3ccc(F)cc3)cc2c1NC(CF)c1ccccc1. The first-order valence-electron chi connectivity index (χ1n) is 13.0. The van der Waals surface area contributed by atoms with E-state index in [1.54, 1.807) is 18.2 Å². The van der Waals surface area contributed by atoms with E-state index < -0.39 is 12.7 Å². The summed E-state index contributed by atoms with van der Waals surface area (Å²) in [6, 6.07) is 20.7. The lowest BCUT2D eigenvalue weighted by molar-refractivity contribution is 0.260. The molecule has 202 valence electrons. The first-order valence-corrected chi connectivity index (χ1v) is 13.4. The summed E-state index contributed by atoms with van der Waals surface area (Å²) in [5.74, 6) is -0.325. The number of hydrogen-bond acceptors (Lipinski definition) is 7. The van der Waals surface area contributed by atoms with Crippen LogP contribution in [0.4, 0.5) is 20.2 Å². The smallest absolute Gasteiger partial charge is 0.123 e. The van der Waals surface area contributed by atoms with Crippen molar-refractivity contribution in [1.82, 2.24) is 21.0 Å². The number of aromatic nitrogens is 1. The topological polar surface area (TPSA) is 88.0 Å². The highest BCUT2D eigenvalue weighted by Crippen LogP contribution is 2.37. The minimum absolute atomic E-state index is 0.273. The van der Waals surface area contributed by atoms with Crippen LogP contribution in [0, 0.1) is 17.1 Å². The lowest BCUT2D eigenvalue weighted by Gasteiger charge is -2.23. The molecule has 0 saturated heterocycles. The van der Waals surface area contributed by atoms with Gasteiger partial charge in [0.25, 0.3) is 0 Å². The van der Waals surface area contributed by atoms with E-state index in [0.717, 1.165) is 29.7 Å². The summed E-state index contributed by atoms with van der Waals surface area (Å²) in [5, 5.41) is 19.6. The average molecular weight is 558 g/mol. The fourth-order valence-corrected chi connectivity index (χ4v) is 5.12. The molecule has 2 heterocycles. The van der Waals surface area contributed by atoms with Crippen LogP contribution < -0.4 is 21.6 Å². The lowest BCUT2D eigenvalue weighted by Crippen LogP contribution is -2.38. The van der Waals surface area contributed by atoms with Gasteiger partial charge in [-0.15, -0.1) is 5.53 Å². The number of halogens is 3. The van der Waals surface area contributed by atoms with Crippen molar-refractivity contribution in [3.8, 4) is 6.07 Å². The predicted molar refractivity (Wildman–Crippen MR) is 152 cm³/mol. The van der Waals surface area contributed by atoms with Gasteiger partial charge in [-0.25, -0.2) is 8.78 Å². The van der Waals surface area contributed by atoms with Gasteiger partial charge in [-0.1, -0.05) is 54.1 Å². The molecule has 4 N–H and O–H groups in total. The molecule has 6 rings (SSSR count). The van der Waals surface area contributed by atoms with E-state index in [1.165, 1.54) is 18.3 Å². The summed E-state index contributed by atoms with van der Waals surface area (Å²) in [7, 11) is 0. The molecule has 1 unspecified atom stereocenters. The van der Waals surface area contributed by atoms with Crippen LogP contribution in [0.15, 0.2) is 84.8 Å². The molecular formula is C30H26ClF2N7. The second-order valence-corrected chi connectivity index (χ2v) is 10.3. The van der Waals surface area contributed by atoms with Crippen LogP contribution in [-0.2, 0) is 0 Å². The molecule has 0 bridgehead atoms. The number of rotatable bonds is 9. The Hall–Kier alpha value is -4.39. The second-order valence-electron chi connectivity index (χ2n) is 9.86. The molecule has 1 aliphatic carbocycles. The van der Waals surface area contributed by atoms with E-state index in [-0.39, 0.29) is 17.4 Å². The van der Waals surface area contributed by atoms with Crippen molar-refractivity contribution in [2.75, 3.05) is 17.3 Å². The molecule has 1 aliphatic heterocycles. The number of pyridine rings is 1. The first-order chi connectivity index (χ1) is 19.5. The number of nitrogens with zero attached hydrogens (tertiary/aromatic N) is 3. The molecule has 40 heavy (non-hydrogen) atoms. The highest BCUT2D eigenvalue weighted by Gasteiger charge is 2.32. The van der Waals surface area contributed by atoms with E-state index in [4.69, 9.17) is 11.6 Å². The Morgan fingerprint density at radius 3 is 2.55 bits per heavy atom. The largest absolute Gasteiger partial charge is 0.374 e. The van der Waals surface area contributed by atoms with Gasteiger partial charge in [-0.2, -0.15) is 5.26 Å². The molecule has 2 atom stereocenters. The summed E-state index contributed by atoms with van der Waals surface area (Å²) >= 11 is 6.71. The van der Waals surface area contributed by atoms with E-state index in [1.807, 2.05) is 47.6 Å². The van der Waals surface area contributed by atoms with Crippen molar-refractivity contribution >= 4 is 33.9 Å². The number of fused-ring (bicyclic) bond motifs is 1. The van der Waals surface area contributed by atoms with Gasteiger partial charge in [-0.3, -0.25) is 9.99 Å². The maximum Gasteiger partial charge on any atom is 0.123 e. The molecule has 0 amide bonds. The molecule has 7 nitrogen and oxygen atoms in total. The number of benzene rings is 3. The third-order valence-corrected chi connectivity index (χ3v) is 7.38. The van der Waals surface area contributed by atoms with Crippen molar-refractivity contribution in [1.29, 1.82) is 5.26 Å². The van der Waals surface area contributed by atoms with Crippen LogP contribution in [0.3, 0.4) is 0 Å². The van der Waals surface area contributed by atoms with Crippen LogP contribution in [-0.4, -0.2) is 22.7 Å². The van der Waals surface area contributed by atoms with Crippen molar-refractivity contribution in [3.05, 3.63) is 112 Å². The Bertz CT molecular complexity index is 1600. The van der Waals surface area contributed by atoms with E-state index in [9.17, 15) is 14.0 Å². The van der Waals surface area contributed by atoms with Crippen LogP contribution in [0.25, 0.3) is 10.9 Å². The molecule has 1 saturated carbocycles. The number of hydrogen-bond donors (Lipinski definition) is 4. The normalized spacial score (nSPS) is 16.1. The van der Waals surface area contributed by atoms with Gasteiger partial charge in [-0.05, 0) is 48.2 Å². The molecule has 1 aromatic heterocycles. The molecule has 0 radical (unpaired) electrons. The van der Waals surface area contributed by atoms with Gasteiger partial charge in [0.1, 0.15) is 18.6 Å². The minimum atomic E-state index is -0.679. The summed E-state index contributed by atoms with van der Waals surface area (Å²) in [5.41, 5.74) is 10.7.